The van der Waals surface area contributed by atoms with Crippen LogP contribution in [0.5, 0.6) is 0 Å². The van der Waals surface area contributed by atoms with Gasteiger partial charge in [-0.25, -0.2) is 0 Å². The molecule has 2 aromatic rings. The highest BCUT2D eigenvalue weighted by Crippen LogP contribution is 2.39. The van der Waals surface area contributed by atoms with E-state index in [9.17, 15) is 4.79 Å². The van der Waals surface area contributed by atoms with Gasteiger partial charge in [0.2, 0.25) is 0 Å². The van der Waals surface area contributed by atoms with Crippen LogP contribution in [0, 0.1) is 13.8 Å². The standard InChI is InChI=1S/C19H23N3O2/c1-14-17(18(23)21-10-8-19(21)9-11-24-13-19)15(2)22(20-14)12-16-6-4-3-5-7-16/h3-7H,8-13H2,1-2H3. The molecule has 4 rings (SSSR count). The second-order valence-electron chi connectivity index (χ2n) is 6.92. The topological polar surface area (TPSA) is 47.4 Å². The number of likely N-dealkylation sites (tertiary alicyclic amines) is 1. The van der Waals surface area contributed by atoms with Crippen LogP contribution in [-0.2, 0) is 11.3 Å². The van der Waals surface area contributed by atoms with E-state index < -0.39 is 0 Å². The number of hydrogen-bond donors (Lipinski definition) is 0. The number of nitrogens with zero attached hydrogens (tertiary/aromatic N) is 3. The Morgan fingerprint density at radius 1 is 1.25 bits per heavy atom. The number of hydrogen-bond acceptors (Lipinski definition) is 3. The fourth-order valence-electron chi connectivity index (χ4n) is 3.91. The predicted molar refractivity (Wildman–Crippen MR) is 91.1 cm³/mol. The van der Waals surface area contributed by atoms with Crippen LogP contribution in [0.3, 0.4) is 0 Å². The van der Waals surface area contributed by atoms with Crippen LogP contribution < -0.4 is 0 Å². The third-order valence-electron chi connectivity index (χ3n) is 5.47. The highest BCUT2D eigenvalue weighted by atomic mass is 16.5. The molecule has 0 radical (unpaired) electrons. The van der Waals surface area contributed by atoms with E-state index in [2.05, 4.69) is 17.2 Å². The molecular weight excluding hydrogens is 302 g/mol. The first-order chi connectivity index (χ1) is 11.6. The fraction of sp³-hybridized carbons (Fsp3) is 0.474. The molecule has 5 nitrogen and oxygen atoms in total. The summed E-state index contributed by atoms with van der Waals surface area (Å²) in [7, 11) is 0. The molecule has 2 saturated heterocycles. The van der Waals surface area contributed by atoms with Crippen molar-refractivity contribution in [3.63, 3.8) is 0 Å². The Balaban J connectivity index is 1.61. The van der Waals surface area contributed by atoms with Gasteiger partial charge in [-0.1, -0.05) is 30.3 Å². The number of amides is 1. The third-order valence-corrected chi connectivity index (χ3v) is 5.47. The lowest BCUT2D eigenvalue weighted by Crippen LogP contribution is -2.62. The summed E-state index contributed by atoms with van der Waals surface area (Å²) >= 11 is 0. The molecule has 1 spiro atoms. The van der Waals surface area contributed by atoms with Crippen molar-refractivity contribution in [1.82, 2.24) is 14.7 Å². The maximum atomic E-state index is 13.1. The summed E-state index contributed by atoms with van der Waals surface area (Å²) in [5.74, 6) is 0.112. The Morgan fingerprint density at radius 2 is 2.04 bits per heavy atom. The minimum atomic E-state index is -0.0580. The van der Waals surface area contributed by atoms with E-state index in [4.69, 9.17) is 4.74 Å². The molecule has 0 aliphatic carbocycles. The molecule has 1 amide bonds. The highest BCUT2D eigenvalue weighted by Gasteiger charge is 2.50. The van der Waals surface area contributed by atoms with Crippen LogP contribution in [0.15, 0.2) is 30.3 Å². The molecule has 1 aromatic heterocycles. The van der Waals surface area contributed by atoms with E-state index >= 15 is 0 Å². The van der Waals surface area contributed by atoms with Crippen LogP contribution in [0.4, 0.5) is 0 Å². The summed E-state index contributed by atoms with van der Waals surface area (Å²) in [6, 6.07) is 10.2. The first-order valence-electron chi connectivity index (χ1n) is 8.58. The second kappa shape index (κ2) is 5.74. The molecule has 1 atom stereocenters. The van der Waals surface area contributed by atoms with Gasteiger partial charge in [-0.3, -0.25) is 9.48 Å². The minimum absolute atomic E-state index is 0.0580. The van der Waals surface area contributed by atoms with Gasteiger partial charge in [-0.15, -0.1) is 0 Å². The Labute approximate surface area is 142 Å². The average Bonchev–Trinajstić information content (AvgIpc) is 3.15. The first-order valence-corrected chi connectivity index (χ1v) is 8.58. The number of benzene rings is 1. The van der Waals surface area contributed by atoms with Crippen molar-refractivity contribution < 1.29 is 9.53 Å². The van der Waals surface area contributed by atoms with Crippen molar-refractivity contribution in [2.45, 2.75) is 38.8 Å². The predicted octanol–water partition coefficient (Wildman–Crippen LogP) is 2.55. The molecule has 24 heavy (non-hydrogen) atoms. The minimum Gasteiger partial charge on any atom is -0.379 e. The van der Waals surface area contributed by atoms with E-state index in [1.807, 2.05) is 41.6 Å². The average molecular weight is 325 g/mol. The van der Waals surface area contributed by atoms with Gasteiger partial charge in [0, 0.05) is 18.8 Å². The number of aryl methyl sites for hydroxylation is 1. The highest BCUT2D eigenvalue weighted by molar-refractivity contribution is 5.97. The Morgan fingerprint density at radius 3 is 2.67 bits per heavy atom. The molecule has 0 bridgehead atoms. The monoisotopic (exact) mass is 325 g/mol. The maximum Gasteiger partial charge on any atom is 0.258 e. The number of ether oxygens (including phenoxy) is 1. The molecule has 1 aromatic carbocycles. The Bertz CT molecular complexity index is 760. The summed E-state index contributed by atoms with van der Waals surface area (Å²) in [6.07, 6.45) is 2.00. The van der Waals surface area contributed by atoms with Crippen molar-refractivity contribution >= 4 is 5.91 Å². The van der Waals surface area contributed by atoms with Gasteiger partial charge >= 0.3 is 0 Å². The zero-order valence-electron chi connectivity index (χ0n) is 14.3. The van der Waals surface area contributed by atoms with Crippen molar-refractivity contribution in [1.29, 1.82) is 0 Å². The molecule has 2 aliphatic rings. The number of aromatic nitrogens is 2. The van der Waals surface area contributed by atoms with Gasteiger partial charge in [0.25, 0.3) is 5.91 Å². The molecule has 0 N–H and O–H groups in total. The molecule has 126 valence electrons. The second-order valence-corrected chi connectivity index (χ2v) is 6.92. The number of carbonyl (C=O) groups excluding carboxylic acids is 1. The van der Waals surface area contributed by atoms with Crippen LogP contribution in [-0.4, -0.2) is 45.9 Å². The van der Waals surface area contributed by atoms with Crippen molar-refractivity contribution in [3.05, 3.63) is 52.8 Å². The molecule has 2 aliphatic heterocycles. The number of carbonyl (C=O) groups is 1. The lowest BCUT2D eigenvalue weighted by Gasteiger charge is -2.49. The van der Waals surface area contributed by atoms with Gasteiger partial charge in [-0.2, -0.15) is 5.10 Å². The van der Waals surface area contributed by atoms with Crippen LogP contribution in [0.2, 0.25) is 0 Å². The Hall–Kier alpha value is -2.14. The summed E-state index contributed by atoms with van der Waals surface area (Å²) in [5.41, 5.74) is 3.65. The van der Waals surface area contributed by atoms with Crippen molar-refractivity contribution in [2.75, 3.05) is 19.8 Å². The van der Waals surface area contributed by atoms with Crippen molar-refractivity contribution in [2.24, 2.45) is 0 Å². The van der Waals surface area contributed by atoms with Gasteiger partial charge in [0.05, 0.1) is 29.9 Å². The van der Waals surface area contributed by atoms with Crippen molar-refractivity contribution in [3.8, 4) is 0 Å². The van der Waals surface area contributed by atoms with E-state index in [-0.39, 0.29) is 11.4 Å². The van der Waals surface area contributed by atoms with Gasteiger partial charge in [-0.05, 0) is 32.3 Å². The van der Waals surface area contributed by atoms with E-state index in [1.54, 1.807) is 0 Å². The van der Waals surface area contributed by atoms with E-state index in [0.717, 1.165) is 42.9 Å². The zero-order chi connectivity index (χ0) is 16.7. The van der Waals surface area contributed by atoms with Gasteiger partial charge < -0.3 is 9.64 Å². The molecule has 1 unspecified atom stereocenters. The molecule has 2 fully saturated rings. The SMILES string of the molecule is Cc1nn(Cc2ccccc2)c(C)c1C(=O)N1CCC12CCOC2. The van der Waals surface area contributed by atoms with E-state index in [0.29, 0.717) is 13.2 Å². The third kappa shape index (κ3) is 2.35. The molecule has 5 heteroatoms. The lowest BCUT2D eigenvalue weighted by molar-refractivity contribution is -0.00806. The summed E-state index contributed by atoms with van der Waals surface area (Å²) in [4.78, 5) is 15.1. The Kier molecular flexibility index (Phi) is 3.68. The zero-order valence-corrected chi connectivity index (χ0v) is 14.3. The normalized spacial score (nSPS) is 22.8. The summed E-state index contributed by atoms with van der Waals surface area (Å²) in [6.45, 7) is 6.87. The van der Waals surface area contributed by atoms with Crippen LogP contribution in [0.1, 0.15) is 40.2 Å². The summed E-state index contributed by atoms with van der Waals surface area (Å²) < 4.78 is 7.49. The van der Waals surface area contributed by atoms with Crippen LogP contribution in [0.25, 0.3) is 0 Å². The van der Waals surface area contributed by atoms with Gasteiger partial charge in [0.1, 0.15) is 0 Å². The number of rotatable bonds is 3. The lowest BCUT2D eigenvalue weighted by atomic mass is 9.83. The summed E-state index contributed by atoms with van der Waals surface area (Å²) in [5, 5.41) is 4.62. The first kappa shape index (κ1) is 15.4. The largest absolute Gasteiger partial charge is 0.379 e. The quantitative estimate of drug-likeness (QED) is 0.871. The van der Waals surface area contributed by atoms with Gasteiger partial charge in [0.15, 0.2) is 0 Å². The fourth-order valence-corrected chi connectivity index (χ4v) is 3.91. The molecular formula is C19H23N3O2. The maximum absolute atomic E-state index is 13.1. The molecule has 3 heterocycles. The molecule has 0 saturated carbocycles. The van der Waals surface area contributed by atoms with Crippen LogP contribution >= 0.6 is 0 Å². The smallest absolute Gasteiger partial charge is 0.258 e. The van der Waals surface area contributed by atoms with E-state index in [1.165, 1.54) is 5.56 Å².